The number of carbonyl (C=O) groups excluding carboxylic acids is 1. The molecule has 0 aromatic heterocycles. The first-order chi connectivity index (χ1) is 8.15. The van der Waals surface area contributed by atoms with Crippen molar-refractivity contribution in [2.24, 2.45) is 0 Å². The van der Waals surface area contributed by atoms with Crippen LogP contribution in [-0.2, 0) is 9.53 Å². The third-order valence-electron chi connectivity index (χ3n) is 2.32. The molecule has 0 aliphatic carbocycles. The summed E-state index contributed by atoms with van der Waals surface area (Å²) in [5, 5.41) is 3.31. The number of rotatable bonds is 4. The van der Waals surface area contributed by atoms with Crippen LogP contribution in [0.25, 0.3) is 0 Å². The molecule has 1 aliphatic heterocycles. The summed E-state index contributed by atoms with van der Waals surface area (Å²) in [6, 6.07) is 5.31. The van der Waals surface area contributed by atoms with E-state index in [4.69, 9.17) is 10.5 Å². The number of nitrogen functional groups attached to an aromatic ring is 1. The Morgan fingerprint density at radius 3 is 2.94 bits per heavy atom. The standard InChI is InChI=1S/C11H13BrN2O2S/c12-9-3-7(13)1-2-10(9)14-11(15)6-17-8-4-16-5-8/h1-3,8H,4-6,13H2,(H,14,15). The number of halogens is 1. The molecule has 0 unspecified atom stereocenters. The second-order valence-electron chi connectivity index (χ2n) is 3.76. The highest BCUT2D eigenvalue weighted by atomic mass is 79.9. The van der Waals surface area contributed by atoms with Crippen LogP contribution in [-0.4, -0.2) is 30.1 Å². The van der Waals surface area contributed by atoms with Gasteiger partial charge in [0.25, 0.3) is 0 Å². The summed E-state index contributed by atoms with van der Waals surface area (Å²) in [6.07, 6.45) is 0. The normalized spacial score (nSPS) is 15.4. The summed E-state index contributed by atoms with van der Waals surface area (Å²) in [5.74, 6) is 0.442. The van der Waals surface area contributed by atoms with E-state index in [9.17, 15) is 4.79 Å². The highest BCUT2D eigenvalue weighted by Crippen LogP contribution is 2.25. The van der Waals surface area contributed by atoms with Crippen LogP contribution in [0.3, 0.4) is 0 Å². The molecule has 1 saturated heterocycles. The van der Waals surface area contributed by atoms with Crippen molar-refractivity contribution >= 4 is 45.0 Å². The van der Waals surface area contributed by atoms with Gasteiger partial charge in [-0.15, -0.1) is 11.8 Å². The molecule has 6 heteroatoms. The summed E-state index contributed by atoms with van der Waals surface area (Å²) in [6.45, 7) is 1.51. The number of nitrogens with two attached hydrogens (primary N) is 1. The van der Waals surface area contributed by atoms with Gasteiger partial charge >= 0.3 is 0 Å². The van der Waals surface area contributed by atoms with Gasteiger partial charge in [-0.25, -0.2) is 0 Å². The Hall–Kier alpha value is -0.720. The second-order valence-corrected chi connectivity index (χ2v) is 5.90. The molecular weight excluding hydrogens is 304 g/mol. The number of amides is 1. The molecular formula is C11H13BrN2O2S. The third kappa shape index (κ3) is 3.62. The van der Waals surface area contributed by atoms with Gasteiger partial charge in [-0.1, -0.05) is 0 Å². The van der Waals surface area contributed by atoms with Crippen LogP contribution in [0.5, 0.6) is 0 Å². The van der Waals surface area contributed by atoms with E-state index < -0.39 is 0 Å². The fourth-order valence-corrected chi connectivity index (χ4v) is 2.66. The summed E-state index contributed by atoms with van der Waals surface area (Å²) >= 11 is 4.98. The predicted molar refractivity (Wildman–Crippen MR) is 74.2 cm³/mol. The third-order valence-corrected chi connectivity index (χ3v) is 4.15. The van der Waals surface area contributed by atoms with Crippen LogP contribution < -0.4 is 11.1 Å². The molecule has 1 heterocycles. The minimum Gasteiger partial charge on any atom is -0.399 e. The van der Waals surface area contributed by atoms with E-state index in [2.05, 4.69) is 21.2 Å². The monoisotopic (exact) mass is 316 g/mol. The molecule has 0 radical (unpaired) electrons. The minimum absolute atomic E-state index is 0.00706. The van der Waals surface area contributed by atoms with E-state index in [1.165, 1.54) is 0 Å². The SMILES string of the molecule is Nc1ccc(NC(=O)CSC2COC2)c(Br)c1. The molecule has 0 spiro atoms. The Morgan fingerprint density at radius 2 is 2.35 bits per heavy atom. The number of thioether (sulfide) groups is 1. The van der Waals surface area contributed by atoms with Gasteiger partial charge in [0.15, 0.2) is 0 Å². The Labute approximate surface area is 112 Å². The lowest BCUT2D eigenvalue weighted by Crippen LogP contribution is -2.32. The molecule has 3 N–H and O–H groups in total. The van der Waals surface area contributed by atoms with Crippen molar-refractivity contribution in [3.05, 3.63) is 22.7 Å². The van der Waals surface area contributed by atoms with E-state index in [0.29, 0.717) is 16.7 Å². The van der Waals surface area contributed by atoms with Crippen LogP contribution in [0.4, 0.5) is 11.4 Å². The van der Waals surface area contributed by atoms with Gasteiger partial charge in [-0.05, 0) is 34.1 Å². The van der Waals surface area contributed by atoms with Gasteiger partial charge < -0.3 is 15.8 Å². The number of nitrogens with one attached hydrogen (secondary N) is 1. The summed E-state index contributed by atoms with van der Waals surface area (Å²) in [4.78, 5) is 11.7. The van der Waals surface area contributed by atoms with E-state index in [1.54, 1.807) is 30.0 Å². The maximum Gasteiger partial charge on any atom is 0.234 e. The van der Waals surface area contributed by atoms with Gasteiger partial charge in [-0.2, -0.15) is 0 Å². The highest BCUT2D eigenvalue weighted by molar-refractivity contribution is 9.10. The maximum atomic E-state index is 11.7. The fourth-order valence-electron chi connectivity index (χ4n) is 1.32. The van der Waals surface area contributed by atoms with E-state index in [0.717, 1.165) is 23.4 Å². The van der Waals surface area contributed by atoms with Crippen LogP contribution in [0.2, 0.25) is 0 Å². The molecule has 4 nitrogen and oxygen atoms in total. The fraction of sp³-hybridized carbons (Fsp3) is 0.364. The predicted octanol–water partition coefficient (Wildman–Crippen LogP) is 2.10. The molecule has 0 saturated carbocycles. The zero-order valence-electron chi connectivity index (χ0n) is 9.11. The first kappa shape index (κ1) is 12.7. The average molecular weight is 317 g/mol. The molecule has 1 amide bonds. The van der Waals surface area contributed by atoms with Crippen molar-refractivity contribution in [2.75, 3.05) is 30.0 Å². The van der Waals surface area contributed by atoms with Crippen LogP contribution >= 0.6 is 27.7 Å². The van der Waals surface area contributed by atoms with Crippen LogP contribution in [0.15, 0.2) is 22.7 Å². The summed E-state index contributed by atoms with van der Waals surface area (Å²) in [5.41, 5.74) is 7.03. The number of carbonyl (C=O) groups is 1. The van der Waals surface area contributed by atoms with Gasteiger partial charge in [0.05, 0.1) is 29.9 Å². The van der Waals surface area contributed by atoms with E-state index in [1.807, 2.05) is 0 Å². The van der Waals surface area contributed by atoms with Gasteiger partial charge in [0.1, 0.15) is 0 Å². The van der Waals surface area contributed by atoms with Crippen molar-refractivity contribution in [1.82, 2.24) is 0 Å². The molecule has 0 atom stereocenters. The van der Waals surface area contributed by atoms with Crippen molar-refractivity contribution in [2.45, 2.75) is 5.25 Å². The van der Waals surface area contributed by atoms with Crippen LogP contribution in [0.1, 0.15) is 0 Å². The zero-order chi connectivity index (χ0) is 12.3. The largest absolute Gasteiger partial charge is 0.399 e. The minimum atomic E-state index is -0.00706. The Morgan fingerprint density at radius 1 is 1.59 bits per heavy atom. The van der Waals surface area contributed by atoms with Gasteiger partial charge in [0.2, 0.25) is 5.91 Å². The summed E-state index contributed by atoms with van der Waals surface area (Å²) in [7, 11) is 0. The van der Waals surface area contributed by atoms with Gasteiger partial charge in [-0.3, -0.25) is 4.79 Å². The first-order valence-corrected chi connectivity index (χ1v) is 7.03. The molecule has 2 rings (SSSR count). The van der Waals surface area contributed by atoms with Crippen molar-refractivity contribution < 1.29 is 9.53 Å². The second kappa shape index (κ2) is 5.75. The lowest BCUT2D eigenvalue weighted by molar-refractivity contribution is -0.113. The molecule has 0 bridgehead atoms. The molecule has 1 aromatic rings. The molecule has 1 aromatic carbocycles. The Kier molecular flexibility index (Phi) is 4.31. The first-order valence-electron chi connectivity index (χ1n) is 5.19. The number of ether oxygens (including phenoxy) is 1. The molecule has 17 heavy (non-hydrogen) atoms. The number of hydrogen-bond acceptors (Lipinski definition) is 4. The number of benzene rings is 1. The zero-order valence-corrected chi connectivity index (χ0v) is 11.5. The van der Waals surface area contributed by atoms with Gasteiger partial charge in [0, 0.05) is 10.2 Å². The van der Waals surface area contributed by atoms with Crippen molar-refractivity contribution in [3.8, 4) is 0 Å². The maximum absolute atomic E-state index is 11.7. The Bertz CT molecular complexity index is 424. The topological polar surface area (TPSA) is 64.3 Å². The van der Waals surface area contributed by atoms with Crippen LogP contribution in [0, 0.1) is 0 Å². The van der Waals surface area contributed by atoms with Crippen molar-refractivity contribution in [3.63, 3.8) is 0 Å². The lowest BCUT2D eigenvalue weighted by Gasteiger charge is -2.24. The highest BCUT2D eigenvalue weighted by Gasteiger charge is 2.19. The lowest BCUT2D eigenvalue weighted by atomic mass is 10.3. The van der Waals surface area contributed by atoms with E-state index >= 15 is 0 Å². The quantitative estimate of drug-likeness (QED) is 0.835. The molecule has 92 valence electrons. The summed E-state index contributed by atoms with van der Waals surface area (Å²) < 4.78 is 5.84. The number of hydrogen-bond donors (Lipinski definition) is 2. The van der Waals surface area contributed by atoms with Crippen molar-refractivity contribution in [1.29, 1.82) is 0 Å². The van der Waals surface area contributed by atoms with E-state index in [-0.39, 0.29) is 5.91 Å². The smallest absolute Gasteiger partial charge is 0.234 e. The Balaban J connectivity index is 1.84. The average Bonchev–Trinajstić information content (AvgIpc) is 2.20. The number of anilines is 2. The molecule has 1 fully saturated rings. The molecule has 1 aliphatic rings.